The number of hydrogen-bond acceptors (Lipinski definition) is 4. The zero-order valence-corrected chi connectivity index (χ0v) is 13.7. The second kappa shape index (κ2) is 6.37. The fourth-order valence-electron chi connectivity index (χ4n) is 2.64. The summed E-state index contributed by atoms with van der Waals surface area (Å²) >= 11 is 3.39. The summed E-state index contributed by atoms with van der Waals surface area (Å²) in [5.41, 5.74) is -0.715. The molecule has 1 aromatic rings. The first-order valence-corrected chi connectivity index (χ1v) is 7.86. The van der Waals surface area contributed by atoms with Gasteiger partial charge in [0, 0.05) is 6.54 Å². The number of carbonyl (C=O) groups is 1. The molecule has 1 N–H and O–H groups in total. The van der Waals surface area contributed by atoms with Crippen molar-refractivity contribution in [3.63, 3.8) is 0 Å². The first-order chi connectivity index (χ1) is 9.44. The quantitative estimate of drug-likeness (QED) is 0.831. The molecule has 0 spiro atoms. The van der Waals surface area contributed by atoms with Crippen LogP contribution >= 0.6 is 15.9 Å². The third-order valence-electron chi connectivity index (χ3n) is 3.87. The molecular formula is C14H22BrN3O2. The molecule has 112 valence electrons. The van der Waals surface area contributed by atoms with Crippen LogP contribution in [-0.2, 0) is 6.54 Å². The molecule has 0 radical (unpaired) electrons. The van der Waals surface area contributed by atoms with Crippen LogP contribution in [0.3, 0.4) is 0 Å². The van der Waals surface area contributed by atoms with Gasteiger partial charge in [-0.25, -0.2) is 0 Å². The number of ketones is 1. The van der Waals surface area contributed by atoms with Crippen molar-refractivity contribution >= 4 is 21.7 Å². The highest BCUT2D eigenvalue weighted by molar-refractivity contribution is 9.10. The van der Waals surface area contributed by atoms with Gasteiger partial charge in [-0.2, -0.15) is 5.10 Å². The van der Waals surface area contributed by atoms with Crippen LogP contribution in [0.15, 0.2) is 10.7 Å². The average molecular weight is 344 g/mol. The molecule has 1 aromatic heterocycles. The molecule has 0 atom stereocenters. The van der Waals surface area contributed by atoms with Crippen LogP contribution in [0.25, 0.3) is 0 Å². The molecule has 1 saturated carbocycles. The van der Waals surface area contributed by atoms with Gasteiger partial charge in [0.05, 0.1) is 17.2 Å². The molecule has 1 aliphatic rings. The van der Waals surface area contributed by atoms with Crippen LogP contribution in [0.4, 0.5) is 0 Å². The molecule has 1 aliphatic carbocycles. The van der Waals surface area contributed by atoms with E-state index in [4.69, 9.17) is 0 Å². The van der Waals surface area contributed by atoms with Gasteiger partial charge in [-0.1, -0.05) is 19.3 Å². The maximum atomic E-state index is 12.7. The van der Waals surface area contributed by atoms with E-state index >= 15 is 0 Å². The predicted octanol–water partition coefficient (Wildman–Crippen LogP) is 2.09. The van der Waals surface area contributed by atoms with Gasteiger partial charge >= 0.3 is 0 Å². The second-order valence-corrected chi connectivity index (χ2v) is 6.64. The van der Waals surface area contributed by atoms with E-state index in [-0.39, 0.29) is 5.78 Å². The fraction of sp³-hybridized carbons (Fsp3) is 0.714. The van der Waals surface area contributed by atoms with E-state index in [1.165, 1.54) is 0 Å². The lowest BCUT2D eigenvalue weighted by molar-refractivity contribution is 0.0105. The Morgan fingerprint density at radius 3 is 2.70 bits per heavy atom. The molecule has 0 aromatic carbocycles. The molecule has 0 amide bonds. The number of aliphatic hydroxyl groups is 1. The van der Waals surface area contributed by atoms with Gasteiger partial charge in [-0.15, -0.1) is 0 Å². The zero-order chi connectivity index (χ0) is 14.8. The molecule has 1 heterocycles. The van der Waals surface area contributed by atoms with E-state index in [1.807, 2.05) is 19.0 Å². The first kappa shape index (κ1) is 15.7. The summed E-state index contributed by atoms with van der Waals surface area (Å²) in [5, 5.41) is 14.9. The molecule has 0 unspecified atom stereocenters. The van der Waals surface area contributed by atoms with Crippen molar-refractivity contribution in [3.8, 4) is 0 Å². The highest BCUT2D eigenvalue weighted by atomic mass is 79.9. The normalized spacial score (nSPS) is 18.4. The number of aromatic nitrogens is 2. The number of likely N-dealkylation sites (N-methyl/N-ethyl adjacent to an activating group) is 1. The number of halogens is 1. The Hall–Kier alpha value is -0.720. The van der Waals surface area contributed by atoms with E-state index in [0.29, 0.717) is 29.6 Å². The summed E-state index contributed by atoms with van der Waals surface area (Å²) in [7, 11) is 3.96. The molecule has 0 saturated heterocycles. The minimum atomic E-state index is -1.21. The van der Waals surface area contributed by atoms with Gasteiger partial charge in [-0.3, -0.25) is 9.48 Å². The lowest BCUT2D eigenvalue weighted by atomic mass is 9.81. The van der Waals surface area contributed by atoms with Gasteiger partial charge in [0.2, 0.25) is 5.78 Å². The summed E-state index contributed by atoms with van der Waals surface area (Å²) in [6, 6.07) is 0. The molecule has 1 fully saturated rings. The summed E-state index contributed by atoms with van der Waals surface area (Å²) in [4.78, 5) is 14.8. The Morgan fingerprint density at radius 2 is 2.10 bits per heavy atom. The fourth-order valence-corrected chi connectivity index (χ4v) is 3.11. The topological polar surface area (TPSA) is 58.4 Å². The summed E-state index contributed by atoms with van der Waals surface area (Å²) < 4.78 is 2.36. The largest absolute Gasteiger partial charge is 0.382 e. The Bertz CT molecular complexity index is 479. The Balaban J connectivity index is 2.22. The van der Waals surface area contributed by atoms with Crippen molar-refractivity contribution in [2.24, 2.45) is 0 Å². The third-order valence-corrected chi connectivity index (χ3v) is 4.45. The summed E-state index contributed by atoms with van der Waals surface area (Å²) in [6.07, 6.45) is 5.65. The van der Waals surface area contributed by atoms with Gasteiger partial charge in [-0.05, 0) is 42.9 Å². The Morgan fingerprint density at radius 1 is 1.45 bits per heavy atom. The molecule has 0 aliphatic heterocycles. The maximum absolute atomic E-state index is 12.7. The first-order valence-electron chi connectivity index (χ1n) is 7.07. The highest BCUT2D eigenvalue weighted by Crippen LogP contribution is 2.33. The minimum absolute atomic E-state index is 0.194. The van der Waals surface area contributed by atoms with Crippen molar-refractivity contribution in [3.05, 3.63) is 16.4 Å². The SMILES string of the molecule is CN(C)CCn1ncc(Br)c1C(=O)C1(O)CCCCC1. The molecule has 0 bridgehead atoms. The standard InChI is InChI=1S/C14H22BrN3O2/c1-17(2)8-9-18-12(11(15)10-16-18)13(19)14(20)6-4-3-5-7-14/h10,20H,3-9H2,1-2H3. The van der Waals surface area contributed by atoms with Crippen LogP contribution in [-0.4, -0.2) is 51.8 Å². The lowest BCUT2D eigenvalue weighted by Gasteiger charge is -2.30. The highest BCUT2D eigenvalue weighted by Gasteiger charge is 2.40. The van der Waals surface area contributed by atoms with Crippen LogP contribution in [0, 0.1) is 0 Å². The molecular weight excluding hydrogens is 322 g/mol. The number of hydrogen-bond donors (Lipinski definition) is 1. The van der Waals surface area contributed by atoms with Gasteiger partial charge in [0.15, 0.2) is 0 Å². The molecule has 5 nitrogen and oxygen atoms in total. The number of carbonyl (C=O) groups excluding carboxylic acids is 1. The van der Waals surface area contributed by atoms with E-state index < -0.39 is 5.60 Å². The van der Waals surface area contributed by atoms with Crippen molar-refractivity contribution in [1.82, 2.24) is 14.7 Å². The van der Waals surface area contributed by atoms with Gasteiger partial charge in [0.25, 0.3) is 0 Å². The third kappa shape index (κ3) is 3.30. The average Bonchev–Trinajstić information content (AvgIpc) is 2.77. The summed E-state index contributed by atoms with van der Waals surface area (Å²) in [6.45, 7) is 1.43. The Labute approximate surface area is 128 Å². The monoisotopic (exact) mass is 343 g/mol. The van der Waals surface area contributed by atoms with Crippen molar-refractivity contribution in [1.29, 1.82) is 0 Å². The Kier molecular flexibility index (Phi) is 4.99. The van der Waals surface area contributed by atoms with Crippen LogP contribution in [0.1, 0.15) is 42.6 Å². The number of Topliss-reactive ketones (excluding diaryl/α,β-unsaturated/α-hetero) is 1. The molecule has 20 heavy (non-hydrogen) atoms. The van der Waals surface area contributed by atoms with Crippen molar-refractivity contribution in [2.75, 3.05) is 20.6 Å². The van der Waals surface area contributed by atoms with Gasteiger partial charge < -0.3 is 10.0 Å². The smallest absolute Gasteiger partial charge is 0.213 e. The van der Waals surface area contributed by atoms with E-state index in [9.17, 15) is 9.90 Å². The van der Waals surface area contributed by atoms with Crippen LogP contribution in [0.5, 0.6) is 0 Å². The van der Waals surface area contributed by atoms with Crippen molar-refractivity contribution < 1.29 is 9.90 Å². The van der Waals surface area contributed by atoms with E-state index in [0.717, 1.165) is 25.8 Å². The lowest BCUT2D eigenvalue weighted by Crippen LogP contribution is -2.42. The van der Waals surface area contributed by atoms with Crippen LogP contribution in [0.2, 0.25) is 0 Å². The minimum Gasteiger partial charge on any atom is -0.382 e. The van der Waals surface area contributed by atoms with Gasteiger partial charge in [0.1, 0.15) is 11.3 Å². The van der Waals surface area contributed by atoms with E-state index in [1.54, 1.807) is 10.9 Å². The number of nitrogens with zero attached hydrogens (tertiary/aromatic N) is 3. The van der Waals surface area contributed by atoms with Crippen molar-refractivity contribution in [2.45, 2.75) is 44.2 Å². The maximum Gasteiger partial charge on any atom is 0.213 e. The zero-order valence-electron chi connectivity index (χ0n) is 12.1. The molecule has 6 heteroatoms. The van der Waals surface area contributed by atoms with E-state index in [2.05, 4.69) is 21.0 Å². The number of rotatable bonds is 5. The summed E-state index contributed by atoms with van der Waals surface area (Å²) in [5.74, 6) is -0.194. The second-order valence-electron chi connectivity index (χ2n) is 5.79. The predicted molar refractivity (Wildman–Crippen MR) is 80.8 cm³/mol. The molecule has 2 rings (SSSR count). The van der Waals surface area contributed by atoms with Crippen LogP contribution < -0.4 is 0 Å².